The van der Waals surface area contributed by atoms with Gasteiger partial charge in [-0.25, -0.2) is 10.9 Å². The standard InChI is InChI=1S/C20H23ClN4O2/c21-16-5-3-15(4-6-16)20(27)7-10-25(11-8-20)19(26)18-12-17(23-24-18)14-2-1-9-22-13-14/h1-6,9,13,17-18,23-24,27H,7-8,10-12H2. The van der Waals surface area contributed by atoms with Gasteiger partial charge in [0.05, 0.1) is 5.60 Å². The highest BCUT2D eigenvalue weighted by Crippen LogP contribution is 2.34. The van der Waals surface area contributed by atoms with Crippen LogP contribution in [0, 0.1) is 0 Å². The zero-order valence-electron chi connectivity index (χ0n) is 14.9. The Morgan fingerprint density at radius 2 is 1.93 bits per heavy atom. The van der Waals surface area contributed by atoms with E-state index in [1.165, 1.54) is 0 Å². The average molecular weight is 387 g/mol. The van der Waals surface area contributed by atoms with Gasteiger partial charge in [-0.3, -0.25) is 9.78 Å². The van der Waals surface area contributed by atoms with E-state index in [-0.39, 0.29) is 18.0 Å². The van der Waals surface area contributed by atoms with Crippen LogP contribution in [0.25, 0.3) is 0 Å². The van der Waals surface area contributed by atoms with Gasteiger partial charge >= 0.3 is 0 Å². The molecule has 2 saturated heterocycles. The van der Waals surface area contributed by atoms with E-state index in [0.29, 0.717) is 37.4 Å². The number of likely N-dealkylation sites (tertiary alicyclic amines) is 1. The molecule has 0 spiro atoms. The largest absolute Gasteiger partial charge is 0.385 e. The van der Waals surface area contributed by atoms with Gasteiger partial charge in [-0.15, -0.1) is 0 Å². The fourth-order valence-electron chi connectivity index (χ4n) is 3.89. The maximum atomic E-state index is 12.9. The Balaban J connectivity index is 1.36. The predicted molar refractivity (Wildman–Crippen MR) is 103 cm³/mol. The molecule has 3 heterocycles. The van der Waals surface area contributed by atoms with Crippen LogP contribution >= 0.6 is 11.6 Å². The Morgan fingerprint density at radius 3 is 2.59 bits per heavy atom. The van der Waals surface area contributed by atoms with Gasteiger partial charge in [0.25, 0.3) is 0 Å². The first-order valence-electron chi connectivity index (χ1n) is 9.23. The molecule has 0 saturated carbocycles. The number of nitrogens with zero attached hydrogens (tertiary/aromatic N) is 2. The molecule has 0 radical (unpaired) electrons. The van der Waals surface area contributed by atoms with Crippen molar-refractivity contribution in [2.75, 3.05) is 13.1 Å². The molecule has 7 heteroatoms. The molecule has 2 aliphatic heterocycles. The molecule has 0 aliphatic carbocycles. The van der Waals surface area contributed by atoms with Crippen LogP contribution in [0.15, 0.2) is 48.8 Å². The molecule has 2 aromatic rings. The number of hydrogen-bond acceptors (Lipinski definition) is 5. The molecule has 27 heavy (non-hydrogen) atoms. The lowest BCUT2D eigenvalue weighted by atomic mass is 9.84. The van der Waals surface area contributed by atoms with Gasteiger partial charge in [0.1, 0.15) is 6.04 Å². The van der Waals surface area contributed by atoms with E-state index in [4.69, 9.17) is 11.6 Å². The van der Waals surface area contributed by atoms with E-state index >= 15 is 0 Å². The van der Waals surface area contributed by atoms with Crippen LogP contribution in [-0.4, -0.2) is 40.0 Å². The van der Waals surface area contributed by atoms with Crippen LogP contribution in [0.2, 0.25) is 5.02 Å². The quantitative estimate of drug-likeness (QED) is 0.753. The van der Waals surface area contributed by atoms with Crippen LogP contribution in [0.1, 0.15) is 36.4 Å². The molecule has 142 valence electrons. The van der Waals surface area contributed by atoms with Crippen molar-refractivity contribution in [3.05, 3.63) is 64.9 Å². The van der Waals surface area contributed by atoms with Gasteiger partial charge in [0.15, 0.2) is 0 Å². The number of halogens is 1. The minimum atomic E-state index is -0.902. The van der Waals surface area contributed by atoms with Gasteiger partial charge in [0.2, 0.25) is 5.91 Å². The highest BCUT2D eigenvalue weighted by Gasteiger charge is 2.39. The Kier molecular flexibility index (Phi) is 5.14. The van der Waals surface area contributed by atoms with Crippen molar-refractivity contribution in [2.24, 2.45) is 0 Å². The minimum Gasteiger partial charge on any atom is -0.385 e. The zero-order chi connectivity index (χ0) is 18.9. The van der Waals surface area contributed by atoms with Gasteiger partial charge in [0, 0.05) is 36.5 Å². The van der Waals surface area contributed by atoms with Crippen molar-refractivity contribution in [3.63, 3.8) is 0 Å². The maximum absolute atomic E-state index is 12.9. The third kappa shape index (κ3) is 3.84. The number of hydrazine groups is 1. The highest BCUT2D eigenvalue weighted by molar-refractivity contribution is 6.30. The van der Waals surface area contributed by atoms with Crippen molar-refractivity contribution in [3.8, 4) is 0 Å². The topological polar surface area (TPSA) is 77.5 Å². The van der Waals surface area contributed by atoms with Crippen molar-refractivity contribution < 1.29 is 9.90 Å². The van der Waals surface area contributed by atoms with Gasteiger partial charge in [-0.05, 0) is 48.6 Å². The lowest BCUT2D eigenvalue weighted by Crippen LogP contribution is -2.51. The smallest absolute Gasteiger partial charge is 0.241 e. The van der Waals surface area contributed by atoms with Crippen LogP contribution in [0.5, 0.6) is 0 Å². The molecular weight excluding hydrogens is 364 g/mol. The fraction of sp³-hybridized carbons (Fsp3) is 0.400. The van der Waals surface area contributed by atoms with E-state index in [9.17, 15) is 9.90 Å². The summed E-state index contributed by atoms with van der Waals surface area (Å²) < 4.78 is 0. The highest BCUT2D eigenvalue weighted by atomic mass is 35.5. The molecule has 2 aliphatic rings. The zero-order valence-corrected chi connectivity index (χ0v) is 15.7. The SMILES string of the molecule is O=C(C1CC(c2cccnc2)NN1)N1CCC(O)(c2ccc(Cl)cc2)CC1. The average Bonchev–Trinajstić information content (AvgIpc) is 3.19. The van der Waals surface area contributed by atoms with E-state index in [1.54, 1.807) is 18.3 Å². The van der Waals surface area contributed by atoms with E-state index < -0.39 is 5.60 Å². The number of amides is 1. The van der Waals surface area contributed by atoms with Crippen molar-refractivity contribution in [1.29, 1.82) is 0 Å². The lowest BCUT2D eigenvalue weighted by Gasteiger charge is -2.39. The molecule has 0 bridgehead atoms. The summed E-state index contributed by atoms with van der Waals surface area (Å²) in [4.78, 5) is 18.9. The first-order chi connectivity index (χ1) is 13.0. The second kappa shape index (κ2) is 7.56. The van der Waals surface area contributed by atoms with Crippen LogP contribution in [-0.2, 0) is 10.4 Å². The van der Waals surface area contributed by atoms with E-state index in [1.807, 2.05) is 35.4 Å². The summed E-state index contributed by atoms with van der Waals surface area (Å²) in [6.45, 7) is 1.07. The summed E-state index contributed by atoms with van der Waals surface area (Å²) in [7, 11) is 0. The summed E-state index contributed by atoms with van der Waals surface area (Å²) in [5.74, 6) is 0.0760. The predicted octanol–water partition coefficient (Wildman–Crippen LogP) is 2.15. The van der Waals surface area contributed by atoms with Gasteiger partial charge in [-0.2, -0.15) is 0 Å². The van der Waals surface area contributed by atoms with Crippen LogP contribution in [0.3, 0.4) is 0 Å². The Bertz CT molecular complexity index is 791. The molecule has 2 unspecified atom stereocenters. The number of nitrogens with one attached hydrogen (secondary N) is 2. The number of carbonyl (C=O) groups excluding carboxylic acids is 1. The molecule has 1 aromatic carbocycles. The third-order valence-electron chi connectivity index (χ3n) is 5.57. The summed E-state index contributed by atoms with van der Waals surface area (Å²) in [6, 6.07) is 11.0. The van der Waals surface area contributed by atoms with Crippen molar-refractivity contribution in [2.45, 2.75) is 36.9 Å². The van der Waals surface area contributed by atoms with Crippen molar-refractivity contribution in [1.82, 2.24) is 20.7 Å². The number of piperidine rings is 1. The number of aromatic nitrogens is 1. The van der Waals surface area contributed by atoms with Gasteiger partial charge < -0.3 is 10.0 Å². The fourth-order valence-corrected chi connectivity index (χ4v) is 4.01. The Hall–Kier alpha value is -1.99. The number of benzene rings is 1. The normalized spacial score (nSPS) is 24.7. The lowest BCUT2D eigenvalue weighted by molar-refractivity contribution is -0.137. The molecule has 2 atom stereocenters. The summed E-state index contributed by atoms with van der Waals surface area (Å²) in [5.41, 5.74) is 7.33. The van der Waals surface area contributed by atoms with Gasteiger partial charge in [-0.1, -0.05) is 29.8 Å². The number of carbonyl (C=O) groups is 1. The molecule has 4 rings (SSSR count). The van der Waals surface area contributed by atoms with Crippen LogP contribution < -0.4 is 10.9 Å². The maximum Gasteiger partial charge on any atom is 0.241 e. The Morgan fingerprint density at radius 1 is 1.19 bits per heavy atom. The molecule has 2 fully saturated rings. The van der Waals surface area contributed by atoms with E-state index in [0.717, 1.165) is 11.1 Å². The monoisotopic (exact) mass is 386 g/mol. The summed E-state index contributed by atoms with van der Waals surface area (Å²) >= 11 is 5.94. The number of pyridine rings is 1. The molecular formula is C20H23ClN4O2. The molecule has 1 aromatic heterocycles. The molecule has 3 N–H and O–H groups in total. The van der Waals surface area contributed by atoms with Crippen LogP contribution in [0.4, 0.5) is 0 Å². The third-order valence-corrected chi connectivity index (χ3v) is 5.82. The summed E-state index contributed by atoms with van der Waals surface area (Å²) in [5, 5.41) is 11.6. The second-order valence-corrected chi connectivity index (χ2v) is 7.72. The minimum absolute atomic E-state index is 0.0726. The van der Waals surface area contributed by atoms with Crippen molar-refractivity contribution >= 4 is 17.5 Å². The Labute approximate surface area is 163 Å². The number of hydrogen-bond donors (Lipinski definition) is 3. The summed E-state index contributed by atoms with van der Waals surface area (Å²) in [6.07, 6.45) is 5.28. The number of rotatable bonds is 3. The molecule has 1 amide bonds. The molecule has 6 nitrogen and oxygen atoms in total. The second-order valence-electron chi connectivity index (χ2n) is 7.28. The first-order valence-corrected chi connectivity index (χ1v) is 9.61. The number of aliphatic hydroxyl groups is 1. The first kappa shape index (κ1) is 18.4. The van der Waals surface area contributed by atoms with E-state index in [2.05, 4.69) is 15.8 Å².